The Morgan fingerprint density at radius 3 is 2.75 bits per heavy atom. The number of rotatable bonds is 5. The number of nitrogens with zero attached hydrogens (tertiary/aromatic N) is 2. The van der Waals surface area contributed by atoms with E-state index in [1.807, 2.05) is 29.1 Å². The van der Waals surface area contributed by atoms with Crippen LogP contribution in [0.25, 0.3) is 11.3 Å². The Morgan fingerprint density at radius 2 is 2.10 bits per heavy atom. The van der Waals surface area contributed by atoms with Crippen molar-refractivity contribution in [3.05, 3.63) is 35.0 Å². The van der Waals surface area contributed by atoms with Gasteiger partial charge in [0.05, 0.1) is 19.0 Å². The number of methoxy groups -OCH3 is 1. The number of benzene rings is 1. The molecule has 108 valence electrons. The lowest BCUT2D eigenvalue weighted by Gasteiger charge is -2.13. The molecule has 0 aliphatic carbocycles. The van der Waals surface area contributed by atoms with Crippen LogP contribution in [0.5, 0.6) is 5.75 Å². The lowest BCUT2D eigenvalue weighted by atomic mass is 10.1. The second kappa shape index (κ2) is 6.31. The second-order valence-electron chi connectivity index (χ2n) is 5.43. The third kappa shape index (κ3) is 3.15. The average Bonchev–Trinajstić information content (AvgIpc) is 2.77. The van der Waals surface area contributed by atoms with Gasteiger partial charge >= 0.3 is 0 Å². The van der Waals surface area contributed by atoms with E-state index in [1.165, 1.54) is 0 Å². The Kier molecular flexibility index (Phi) is 4.71. The summed E-state index contributed by atoms with van der Waals surface area (Å²) in [7, 11) is 1.68. The summed E-state index contributed by atoms with van der Waals surface area (Å²) in [5.74, 6) is 1.47. The molecule has 4 heteroatoms. The van der Waals surface area contributed by atoms with Crippen LogP contribution in [0.2, 0.25) is 5.02 Å². The molecule has 0 atom stereocenters. The van der Waals surface area contributed by atoms with Gasteiger partial charge in [-0.3, -0.25) is 4.68 Å². The Morgan fingerprint density at radius 1 is 1.35 bits per heavy atom. The van der Waals surface area contributed by atoms with Crippen molar-refractivity contribution in [1.29, 1.82) is 0 Å². The minimum absolute atomic E-state index is 0.647. The first-order valence-corrected chi connectivity index (χ1v) is 7.27. The zero-order valence-corrected chi connectivity index (χ0v) is 13.2. The van der Waals surface area contributed by atoms with Crippen molar-refractivity contribution in [3.8, 4) is 17.0 Å². The number of hydrogen-bond donors (Lipinski definition) is 0. The van der Waals surface area contributed by atoms with Gasteiger partial charge in [0, 0.05) is 17.1 Å². The quantitative estimate of drug-likeness (QED) is 0.807. The lowest BCUT2D eigenvalue weighted by Crippen LogP contribution is -2.06. The van der Waals surface area contributed by atoms with Crippen LogP contribution in [0.1, 0.15) is 25.8 Å². The Hall–Kier alpha value is -1.48. The highest BCUT2D eigenvalue weighted by Crippen LogP contribution is 2.34. The molecule has 1 heterocycles. The zero-order valence-electron chi connectivity index (χ0n) is 12.5. The van der Waals surface area contributed by atoms with Crippen molar-refractivity contribution in [3.63, 3.8) is 0 Å². The maximum absolute atomic E-state index is 6.14. The van der Waals surface area contributed by atoms with Crippen LogP contribution >= 0.6 is 11.6 Å². The van der Waals surface area contributed by atoms with E-state index >= 15 is 0 Å². The summed E-state index contributed by atoms with van der Waals surface area (Å²) in [5.41, 5.74) is 3.22. The molecular formula is C16H21ClN2O. The summed E-state index contributed by atoms with van der Waals surface area (Å²) in [5, 5.41) is 5.19. The van der Waals surface area contributed by atoms with Crippen molar-refractivity contribution in [2.75, 3.05) is 7.11 Å². The van der Waals surface area contributed by atoms with E-state index in [1.54, 1.807) is 7.11 Å². The zero-order chi connectivity index (χ0) is 14.7. The van der Waals surface area contributed by atoms with E-state index in [4.69, 9.17) is 16.3 Å². The van der Waals surface area contributed by atoms with E-state index < -0.39 is 0 Å². The van der Waals surface area contributed by atoms with Crippen LogP contribution in [0.3, 0.4) is 0 Å². The highest BCUT2D eigenvalue weighted by Gasteiger charge is 2.15. The third-order valence-electron chi connectivity index (χ3n) is 3.36. The SMILES string of the molecule is COc1ccc(Cl)cc1-c1c(C)cnn1CCC(C)C. The molecule has 1 aromatic carbocycles. The number of halogens is 1. The first-order chi connectivity index (χ1) is 9.52. The minimum Gasteiger partial charge on any atom is -0.496 e. The van der Waals surface area contributed by atoms with E-state index in [9.17, 15) is 0 Å². The van der Waals surface area contributed by atoms with Gasteiger partial charge in [-0.15, -0.1) is 0 Å². The molecule has 0 unspecified atom stereocenters. The number of hydrogen-bond acceptors (Lipinski definition) is 2. The molecule has 2 rings (SSSR count). The maximum atomic E-state index is 6.14. The summed E-state index contributed by atoms with van der Waals surface area (Å²) in [4.78, 5) is 0. The fraction of sp³-hybridized carbons (Fsp3) is 0.438. The van der Waals surface area contributed by atoms with Gasteiger partial charge in [-0.25, -0.2) is 0 Å². The Labute approximate surface area is 125 Å². The summed E-state index contributed by atoms with van der Waals surface area (Å²) in [6.07, 6.45) is 2.99. The third-order valence-corrected chi connectivity index (χ3v) is 3.59. The molecule has 0 aliphatic rings. The van der Waals surface area contributed by atoms with Crippen LogP contribution in [0, 0.1) is 12.8 Å². The normalized spacial score (nSPS) is 11.1. The van der Waals surface area contributed by atoms with Crippen LogP contribution in [0.15, 0.2) is 24.4 Å². The van der Waals surface area contributed by atoms with Crippen LogP contribution in [-0.2, 0) is 6.54 Å². The van der Waals surface area contributed by atoms with Gasteiger partial charge in [0.2, 0.25) is 0 Å². The van der Waals surface area contributed by atoms with Crippen LogP contribution in [-0.4, -0.2) is 16.9 Å². The van der Waals surface area contributed by atoms with Crippen molar-refractivity contribution in [2.24, 2.45) is 5.92 Å². The molecular weight excluding hydrogens is 272 g/mol. The summed E-state index contributed by atoms with van der Waals surface area (Å²) in [6, 6.07) is 5.68. The van der Waals surface area contributed by atoms with Gasteiger partial charge in [-0.2, -0.15) is 5.10 Å². The topological polar surface area (TPSA) is 27.1 Å². The van der Waals surface area contributed by atoms with E-state index in [0.29, 0.717) is 10.9 Å². The number of ether oxygens (including phenoxy) is 1. The van der Waals surface area contributed by atoms with Crippen molar-refractivity contribution < 1.29 is 4.74 Å². The number of aromatic nitrogens is 2. The lowest BCUT2D eigenvalue weighted by molar-refractivity contribution is 0.415. The molecule has 2 aromatic rings. The standard InChI is InChI=1S/C16H21ClN2O/c1-11(2)7-8-19-16(12(3)10-18-19)14-9-13(17)5-6-15(14)20-4/h5-6,9-11H,7-8H2,1-4H3. The molecule has 20 heavy (non-hydrogen) atoms. The molecule has 0 bridgehead atoms. The molecule has 0 fully saturated rings. The smallest absolute Gasteiger partial charge is 0.128 e. The molecule has 3 nitrogen and oxygen atoms in total. The van der Waals surface area contributed by atoms with Crippen molar-refractivity contribution >= 4 is 11.6 Å². The molecule has 0 amide bonds. The first kappa shape index (κ1) is 14.9. The molecule has 0 radical (unpaired) electrons. The summed E-state index contributed by atoms with van der Waals surface area (Å²) < 4.78 is 7.51. The molecule has 0 aliphatic heterocycles. The van der Waals surface area contributed by atoms with Gasteiger partial charge in [0.25, 0.3) is 0 Å². The number of aryl methyl sites for hydroxylation is 2. The fourth-order valence-electron chi connectivity index (χ4n) is 2.25. The van der Waals surface area contributed by atoms with Crippen molar-refractivity contribution in [2.45, 2.75) is 33.7 Å². The average molecular weight is 293 g/mol. The Bertz CT molecular complexity index is 590. The maximum Gasteiger partial charge on any atom is 0.128 e. The van der Waals surface area contributed by atoms with Crippen LogP contribution in [0.4, 0.5) is 0 Å². The first-order valence-electron chi connectivity index (χ1n) is 6.89. The van der Waals surface area contributed by atoms with Gasteiger partial charge in [-0.05, 0) is 43.0 Å². The predicted molar refractivity (Wildman–Crippen MR) is 83.4 cm³/mol. The highest BCUT2D eigenvalue weighted by atomic mass is 35.5. The predicted octanol–water partition coefficient (Wildman–Crippen LogP) is 4.57. The van der Waals surface area contributed by atoms with E-state index in [-0.39, 0.29) is 0 Å². The molecule has 0 saturated carbocycles. The van der Waals surface area contributed by atoms with Gasteiger partial charge in [-0.1, -0.05) is 25.4 Å². The molecule has 0 saturated heterocycles. The van der Waals surface area contributed by atoms with E-state index in [0.717, 1.165) is 35.5 Å². The largest absolute Gasteiger partial charge is 0.496 e. The molecule has 0 N–H and O–H groups in total. The minimum atomic E-state index is 0.647. The van der Waals surface area contributed by atoms with Gasteiger partial charge < -0.3 is 4.74 Å². The van der Waals surface area contributed by atoms with Crippen LogP contribution < -0.4 is 4.74 Å². The van der Waals surface area contributed by atoms with Gasteiger partial charge in [0.1, 0.15) is 5.75 Å². The molecule has 1 aromatic heterocycles. The van der Waals surface area contributed by atoms with Crippen molar-refractivity contribution in [1.82, 2.24) is 9.78 Å². The summed E-state index contributed by atoms with van der Waals surface area (Å²) in [6.45, 7) is 7.40. The summed E-state index contributed by atoms with van der Waals surface area (Å²) >= 11 is 6.14. The van der Waals surface area contributed by atoms with E-state index in [2.05, 4.69) is 25.9 Å². The highest BCUT2D eigenvalue weighted by molar-refractivity contribution is 6.31. The molecule has 0 spiro atoms. The monoisotopic (exact) mass is 292 g/mol. The second-order valence-corrected chi connectivity index (χ2v) is 5.86. The van der Waals surface area contributed by atoms with Gasteiger partial charge in [0.15, 0.2) is 0 Å². The Balaban J connectivity index is 2.46. The fourth-order valence-corrected chi connectivity index (χ4v) is 2.42.